The number of thioether (sulfide) groups is 1. The molecule has 26 heavy (non-hydrogen) atoms. The lowest BCUT2D eigenvalue weighted by molar-refractivity contribution is -0.121. The molecule has 0 radical (unpaired) electrons. The van der Waals surface area contributed by atoms with Crippen molar-refractivity contribution in [3.05, 3.63) is 64.1 Å². The fourth-order valence-corrected chi connectivity index (χ4v) is 3.55. The molecule has 0 aromatic heterocycles. The molecule has 7 heteroatoms. The van der Waals surface area contributed by atoms with Gasteiger partial charge in [-0.2, -0.15) is 0 Å². The fraction of sp³-hybridized carbons (Fsp3) is 0.105. The topological polar surface area (TPSA) is 69.6 Å². The first-order valence-electron chi connectivity index (χ1n) is 7.78. The SMILES string of the molecule is Cc1ccc(O)c(NC(=O)c2ccc(/C=C3/SC(=S)N(C)C3=O)cc2)c1. The molecule has 3 rings (SSSR count). The van der Waals surface area contributed by atoms with Crippen LogP contribution < -0.4 is 5.32 Å². The molecule has 132 valence electrons. The predicted octanol–water partition coefficient (Wildman–Crippen LogP) is 3.78. The van der Waals surface area contributed by atoms with Crippen LogP contribution in [0.15, 0.2) is 47.4 Å². The van der Waals surface area contributed by atoms with Crippen molar-refractivity contribution in [2.24, 2.45) is 0 Å². The van der Waals surface area contributed by atoms with Gasteiger partial charge in [-0.3, -0.25) is 14.5 Å². The van der Waals surface area contributed by atoms with E-state index in [-0.39, 0.29) is 17.6 Å². The van der Waals surface area contributed by atoms with E-state index in [0.717, 1.165) is 11.1 Å². The number of aryl methyl sites for hydroxylation is 1. The molecular weight excluding hydrogens is 368 g/mol. The lowest BCUT2D eigenvalue weighted by Crippen LogP contribution is -2.22. The number of likely N-dealkylation sites (N-methyl/N-ethyl adjacent to an activating group) is 1. The Morgan fingerprint density at radius 1 is 1.23 bits per heavy atom. The summed E-state index contributed by atoms with van der Waals surface area (Å²) in [4.78, 5) is 26.4. The first kappa shape index (κ1) is 18.2. The standard InChI is InChI=1S/C19H16N2O3S2/c1-11-3-8-15(22)14(9-11)20-17(23)13-6-4-12(5-7-13)10-16-18(24)21(2)19(25)26-16/h3-10,22H,1-2H3,(H,20,23)/b16-10+. The predicted molar refractivity (Wildman–Crippen MR) is 108 cm³/mol. The Labute approximate surface area is 160 Å². The highest BCUT2D eigenvalue weighted by Gasteiger charge is 2.28. The second-order valence-electron chi connectivity index (χ2n) is 5.84. The molecule has 2 N–H and O–H groups in total. The van der Waals surface area contributed by atoms with Gasteiger partial charge in [0.25, 0.3) is 11.8 Å². The van der Waals surface area contributed by atoms with Crippen molar-refractivity contribution in [2.75, 3.05) is 12.4 Å². The highest BCUT2D eigenvalue weighted by atomic mass is 32.2. The van der Waals surface area contributed by atoms with E-state index in [1.807, 2.05) is 6.92 Å². The number of thiocarbonyl (C=S) groups is 1. The minimum atomic E-state index is -0.322. The Bertz CT molecular complexity index is 936. The molecule has 2 aromatic rings. The number of hydrogen-bond donors (Lipinski definition) is 2. The molecule has 2 aromatic carbocycles. The number of nitrogens with zero attached hydrogens (tertiary/aromatic N) is 1. The molecule has 1 aliphatic heterocycles. The van der Waals surface area contributed by atoms with Crippen LogP contribution in [0.25, 0.3) is 6.08 Å². The molecule has 1 saturated heterocycles. The zero-order valence-electron chi connectivity index (χ0n) is 14.1. The minimum Gasteiger partial charge on any atom is -0.506 e. The van der Waals surface area contributed by atoms with Crippen molar-refractivity contribution in [1.82, 2.24) is 4.90 Å². The van der Waals surface area contributed by atoms with Gasteiger partial charge < -0.3 is 10.4 Å². The number of aromatic hydroxyl groups is 1. The number of rotatable bonds is 3. The third-order valence-electron chi connectivity index (χ3n) is 3.86. The molecule has 0 spiro atoms. The average Bonchev–Trinajstić information content (AvgIpc) is 2.85. The molecular formula is C19H16N2O3S2. The van der Waals surface area contributed by atoms with Crippen molar-refractivity contribution in [1.29, 1.82) is 0 Å². The normalized spacial score (nSPS) is 15.6. The van der Waals surface area contributed by atoms with Gasteiger partial charge in [0.2, 0.25) is 0 Å². The van der Waals surface area contributed by atoms with Gasteiger partial charge in [-0.05, 0) is 48.4 Å². The molecule has 0 atom stereocenters. The number of nitrogens with one attached hydrogen (secondary N) is 1. The molecule has 5 nitrogen and oxygen atoms in total. The second kappa shape index (κ2) is 7.31. The number of hydrogen-bond acceptors (Lipinski definition) is 5. The van der Waals surface area contributed by atoms with E-state index in [9.17, 15) is 14.7 Å². The minimum absolute atomic E-state index is 0.0159. The Morgan fingerprint density at radius 2 is 1.92 bits per heavy atom. The van der Waals surface area contributed by atoms with Crippen molar-refractivity contribution < 1.29 is 14.7 Å². The van der Waals surface area contributed by atoms with Crippen LogP contribution in [-0.4, -0.2) is 33.2 Å². The summed E-state index contributed by atoms with van der Waals surface area (Å²) < 4.78 is 0.523. The lowest BCUT2D eigenvalue weighted by Gasteiger charge is -2.08. The van der Waals surface area contributed by atoms with Gasteiger partial charge in [-0.25, -0.2) is 0 Å². The number of amides is 2. The lowest BCUT2D eigenvalue weighted by atomic mass is 10.1. The van der Waals surface area contributed by atoms with Gasteiger partial charge in [-0.15, -0.1) is 0 Å². The Hall–Kier alpha value is -2.64. The van der Waals surface area contributed by atoms with E-state index < -0.39 is 0 Å². The smallest absolute Gasteiger partial charge is 0.265 e. The summed E-state index contributed by atoms with van der Waals surface area (Å²) in [6, 6.07) is 11.9. The molecule has 1 aliphatic rings. The second-order valence-corrected chi connectivity index (χ2v) is 7.51. The van der Waals surface area contributed by atoms with Crippen molar-refractivity contribution in [2.45, 2.75) is 6.92 Å². The summed E-state index contributed by atoms with van der Waals surface area (Å²) in [7, 11) is 1.65. The summed E-state index contributed by atoms with van der Waals surface area (Å²) >= 11 is 6.36. The van der Waals surface area contributed by atoms with Gasteiger partial charge in [-0.1, -0.05) is 42.2 Å². The van der Waals surface area contributed by atoms with Crippen LogP contribution in [0.5, 0.6) is 5.75 Å². The van der Waals surface area contributed by atoms with Crippen molar-refractivity contribution >= 4 is 51.9 Å². The van der Waals surface area contributed by atoms with E-state index in [2.05, 4.69) is 5.32 Å². The summed E-state index contributed by atoms with van der Waals surface area (Å²) in [5.74, 6) is -0.434. The summed E-state index contributed by atoms with van der Waals surface area (Å²) in [5.41, 5.74) is 2.55. The van der Waals surface area contributed by atoms with E-state index in [1.54, 1.807) is 49.5 Å². The van der Waals surface area contributed by atoms with Gasteiger partial charge in [0.1, 0.15) is 10.1 Å². The highest BCUT2D eigenvalue weighted by molar-refractivity contribution is 8.26. The number of carbonyl (C=O) groups is 2. The van der Waals surface area contributed by atoms with Gasteiger partial charge in [0.15, 0.2) is 0 Å². The van der Waals surface area contributed by atoms with E-state index >= 15 is 0 Å². The molecule has 1 fully saturated rings. The molecule has 0 bridgehead atoms. The van der Waals surface area contributed by atoms with Crippen LogP contribution in [-0.2, 0) is 4.79 Å². The summed E-state index contributed by atoms with van der Waals surface area (Å²) in [6.07, 6.45) is 1.75. The van der Waals surface area contributed by atoms with Crippen molar-refractivity contribution in [3.63, 3.8) is 0 Å². The van der Waals surface area contributed by atoms with Crippen LogP contribution in [0.3, 0.4) is 0 Å². The Balaban J connectivity index is 1.75. The molecule has 0 aliphatic carbocycles. The molecule has 2 amide bonds. The number of benzene rings is 2. The van der Waals surface area contributed by atoms with Crippen molar-refractivity contribution in [3.8, 4) is 5.75 Å². The highest BCUT2D eigenvalue weighted by Crippen LogP contribution is 2.31. The summed E-state index contributed by atoms with van der Waals surface area (Å²) in [6.45, 7) is 1.88. The first-order valence-corrected chi connectivity index (χ1v) is 9.00. The molecule has 0 unspecified atom stereocenters. The van der Waals surface area contributed by atoms with Gasteiger partial charge in [0, 0.05) is 12.6 Å². The number of anilines is 1. The maximum atomic E-state index is 12.4. The average molecular weight is 384 g/mol. The largest absolute Gasteiger partial charge is 0.506 e. The first-order chi connectivity index (χ1) is 12.3. The van der Waals surface area contributed by atoms with Gasteiger partial charge in [0.05, 0.1) is 10.6 Å². The number of phenols is 1. The van der Waals surface area contributed by atoms with E-state index in [0.29, 0.717) is 20.5 Å². The quantitative estimate of drug-likeness (QED) is 0.479. The molecule has 1 heterocycles. The Kier molecular flexibility index (Phi) is 5.11. The zero-order valence-corrected chi connectivity index (χ0v) is 15.8. The van der Waals surface area contributed by atoms with Crippen LogP contribution in [0.2, 0.25) is 0 Å². The van der Waals surface area contributed by atoms with Crippen LogP contribution >= 0.6 is 24.0 Å². The third-order valence-corrected chi connectivity index (χ3v) is 5.34. The van der Waals surface area contributed by atoms with Crippen LogP contribution in [0.1, 0.15) is 21.5 Å². The van der Waals surface area contributed by atoms with Crippen LogP contribution in [0, 0.1) is 6.92 Å². The summed E-state index contributed by atoms with van der Waals surface area (Å²) in [5, 5.41) is 12.5. The van der Waals surface area contributed by atoms with Crippen LogP contribution in [0.4, 0.5) is 5.69 Å². The zero-order chi connectivity index (χ0) is 18.8. The van der Waals surface area contributed by atoms with E-state index in [1.165, 1.54) is 22.7 Å². The maximum Gasteiger partial charge on any atom is 0.265 e. The fourth-order valence-electron chi connectivity index (χ4n) is 2.37. The maximum absolute atomic E-state index is 12.4. The number of phenolic OH excluding ortho intramolecular Hbond substituents is 1. The van der Waals surface area contributed by atoms with Gasteiger partial charge >= 0.3 is 0 Å². The molecule has 0 saturated carbocycles. The Morgan fingerprint density at radius 3 is 2.54 bits per heavy atom. The monoisotopic (exact) mass is 384 g/mol. The third kappa shape index (κ3) is 3.79. The number of carbonyl (C=O) groups excluding carboxylic acids is 2. The van der Waals surface area contributed by atoms with E-state index in [4.69, 9.17) is 12.2 Å².